The van der Waals surface area contributed by atoms with E-state index in [1.54, 1.807) is 10.8 Å². The van der Waals surface area contributed by atoms with Gasteiger partial charge in [0.25, 0.3) is 5.56 Å². The summed E-state index contributed by atoms with van der Waals surface area (Å²) in [6.07, 6.45) is 2.18. The molecule has 7 heteroatoms. The fourth-order valence-electron chi connectivity index (χ4n) is 1.96. The van der Waals surface area contributed by atoms with E-state index in [0.29, 0.717) is 11.9 Å². The Morgan fingerprint density at radius 2 is 2.41 bits per heavy atom. The van der Waals surface area contributed by atoms with E-state index in [1.165, 1.54) is 11.3 Å². The summed E-state index contributed by atoms with van der Waals surface area (Å²) in [6.45, 7) is 0.0799. The SMILES string of the molecule is Cn1c2nc(CCO)sc2c2cn[nH]c(=O)c21. The number of hydrogen-bond donors (Lipinski definition) is 2. The van der Waals surface area contributed by atoms with Crippen LogP contribution in [-0.4, -0.2) is 31.5 Å². The first kappa shape index (κ1) is 10.4. The van der Waals surface area contributed by atoms with Crippen LogP contribution in [0.5, 0.6) is 0 Å². The summed E-state index contributed by atoms with van der Waals surface area (Å²) in [5.74, 6) is 0. The minimum atomic E-state index is -0.209. The zero-order valence-corrected chi connectivity index (χ0v) is 9.91. The standard InChI is InChI=1S/C10H10N4O2S/c1-14-7-5(4-11-13-10(7)16)8-9(14)12-6(17-8)2-3-15/h4,15H,2-3H2,1H3,(H,13,16). The molecule has 3 heterocycles. The van der Waals surface area contributed by atoms with Crippen molar-refractivity contribution >= 4 is 32.6 Å². The fraction of sp³-hybridized carbons (Fsp3) is 0.300. The van der Waals surface area contributed by atoms with E-state index >= 15 is 0 Å². The molecule has 0 amide bonds. The highest BCUT2D eigenvalue weighted by Gasteiger charge is 2.15. The Morgan fingerprint density at radius 3 is 3.18 bits per heavy atom. The van der Waals surface area contributed by atoms with Gasteiger partial charge in [-0.3, -0.25) is 4.79 Å². The highest BCUT2D eigenvalue weighted by Crippen LogP contribution is 2.30. The van der Waals surface area contributed by atoms with Crippen LogP contribution in [0.2, 0.25) is 0 Å². The van der Waals surface area contributed by atoms with E-state index in [0.717, 1.165) is 20.7 Å². The van der Waals surface area contributed by atoms with E-state index in [1.807, 2.05) is 7.05 Å². The second-order valence-corrected chi connectivity index (χ2v) is 4.84. The third kappa shape index (κ3) is 1.39. The lowest BCUT2D eigenvalue weighted by Crippen LogP contribution is -2.10. The van der Waals surface area contributed by atoms with Gasteiger partial charge in [0.15, 0.2) is 5.65 Å². The highest BCUT2D eigenvalue weighted by molar-refractivity contribution is 7.19. The third-order valence-corrected chi connectivity index (χ3v) is 3.84. The monoisotopic (exact) mass is 250 g/mol. The molecule has 2 N–H and O–H groups in total. The molecule has 3 aromatic rings. The molecule has 0 aliphatic heterocycles. The zero-order chi connectivity index (χ0) is 12.0. The normalized spacial score (nSPS) is 11.6. The maximum atomic E-state index is 11.7. The van der Waals surface area contributed by atoms with Crippen molar-refractivity contribution in [3.05, 3.63) is 21.6 Å². The van der Waals surface area contributed by atoms with Crippen LogP contribution in [0.1, 0.15) is 5.01 Å². The van der Waals surface area contributed by atoms with Crippen molar-refractivity contribution in [1.82, 2.24) is 19.7 Å². The Bertz CT molecular complexity index is 755. The molecule has 3 rings (SSSR count). The molecule has 0 unspecified atom stereocenters. The van der Waals surface area contributed by atoms with Gasteiger partial charge in [0.2, 0.25) is 0 Å². The predicted octanol–water partition coefficient (Wildman–Crippen LogP) is 0.406. The van der Waals surface area contributed by atoms with Crippen molar-refractivity contribution in [1.29, 1.82) is 0 Å². The average molecular weight is 250 g/mol. The van der Waals surface area contributed by atoms with Gasteiger partial charge in [0.05, 0.1) is 15.9 Å². The molecule has 17 heavy (non-hydrogen) atoms. The lowest BCUT2D eigenvalue weighted by Gasteiger charge is -1.94. The number of aliphatic hydroxyl groups is 1. The van der Waals surface area contributed by atoms with Gasteiger partial charge >= 0.3 is 0 Å². The Morgan fingerprint density at radius 1 is 1.59 bits per heavy atom. The molecule has 0 radical (unpaired) electrons. The average Bonchev–Trinajstić information content (AvgIpc) is 2.81. The number of rotatable bonds is 2. The van der Waals surface area contributed by atoms with Crippen LogP contribution in [0, 0.1) is 0 Å². The van der Waals surface area contributed by atoms with Crippen molar-refractivity contribution in [2.75, 3.05) is 6.61 Å². The van der Waals surface area contributed by atoms with E-state index in [9.17, 15) is 4.79 Å². The topological polar surface area (TPSA) is 83.8 Å². The number of aromatic amines is 1. The molecule has 0 spiro atoms. The number of H-pyrrole nitrogens is 1. The van der Waals surface area contributed by atoms with Gasteiger partial charge in [-0.1, -0.05) is 0 Å². The van der Waals surface area contributed by atoms with Gasteiger partial charge in [-0.05, 0) is 0 Å². The summed E-state index contributed by atoms with van der Waals surface area (Å²) in [6, 6.07) is 0. The van der Waals surface area contributed by atoms with Crippen molar-refractivity contribution in [3.63, 3.8) is 0 Å². The second kappa shape index (κ2) is 3.64. The number of aryl methyl sites for hydroxylation is 1. The number of nitrogens with zero attached hydrogens (tertiary/aromatic N) is 3. The molecule has 0 fully saturated rings. The van der Waals surface area contributed by atoms with Crippen molar-refractivity contribution in [2.24, 2.45) is 7.05 Å². The van der Waals surface area contributed by atoms with Gasteiger partial charge in [-0.25, -0.2) is 10.1 Å². The molecule has 3 aromatic heterocycles. The zero-order valence-electron chi connectivity index (χ0n) is 9.10. The molecule has 0 aliphatic rings. The van der Waals surface area contributed by atoms with Crippen LogP contribution >= 0.6 is 11.3 Å². The molecule has 88 valence electrons. The third-order valence-electron chi connectivity index (χ3n) is 2.71. The molecule has 0 saturated carbocycles. The van der Waals surface area contributed by atoms with E-state index in [2.05, 4.69) is 15.2 Å². The lowest BCUT2D eigenvalue weighted by molar-refractivity contribution is 0.299. The van der Waals surface area contributed by atoms with E-state index < -0.39 is 0 Å². The molecule has 0 aliphatic carbocycles. The highest BCUT2D eigenvalue weighted by atomic mass is 32.1. The molecule has 0 aromatic carbocycles. The van der Waals surface area contributed by atoms with Crippen molar-refractivity contribution < 1.29 is 5.11 Å². The Balaban J connectivity index is 2.43. The minimum absolute atomic E-state index is 0.0799. The van der Waals surface area contributed by atoms with Crippen molar-refractivity contribution in [2.45, 2.75) is 6.42 Å². The van der Waals surface area contributed by atoms with Gasteiger partial charge in [-0.15, -0.1) is 11.3 Å². The number of hydrogen-bond acceptors (Lipinski definition) is 5. The van der Waals surface area contributed by atoms with Crippen LogP contribution in [0.3, 0.4) is 0 Å². The smallest absolute Gasteiger partial charge is 0.288 e. The maximum absolute atomic E-state index is 11.7. The first-order chi connectivity index (χ1) is 8.22. The fourth-order valence-corrected chi connectivity index (χ4v) is 3.05. The number of aromatic nitrogens is 4. The summed E-state index contributed by atoms with van der Waals surface area (Å²) in [5, 5.41) is 16.8. The number of aliphatic hydroxyl groups excluding tert-OH is 1. The summed E-state index contributed by atoms with van der Waals surface area (Å²) in [4.78, 5) is 16.1. The summed E-state index contributed by atoms with van der Waals surface area (Å²) in [5.41, 5.74) is 1.15. The van der Waals surface area contributed by atoms with Gasteiger partial charge < -0.3 is 9.67 Å². The molecule has 6 nitrogen and oxygen atoms in total. The quantitative estimate of drug-likeness (QED) is 0.690. The van der Waals surface area contributed by atoms with Crippen LogP contribution in [0.25, 0.3) is 21.3 Å². The van der Waals surface area contributed by atoms with Crippen LogP contribution in [0.4, 0.5) is 0 Å². The summed E-state index contributed by atoms with van der Waals surface area (Å²) < 4.78 is 2.72. The Kier molecular flexibility index (Phi) is 2.23. The van der Waals surface area contributed by atoms with Crippen molar-refractivity contribution in [3.8, 4) is 0 Å². The largest absolute Gasteiger partial charge is 0.396 e. The maximum Gasteiger partial charge on any atom is 0.288 e. The second-order valence-electron chi connectivity index (χ2n) is 3.75. The van der Waals surface area contributed by atoms with Gasteiger partial charge in [0.1, 0.15) is 5.52 Å². The van der Waals surface area contributed by atoms with E-state index in [-0.39, 0.29) is 12.2 Å². The summed E-state index contributed by atoms with van der Waals surface area (Å²) in [7, 11) is 1.81. The van der Waals surface area contributed by atoms with Crippen LogP contribution < -0.4 is 5.56 Å². The lowest BCUT2D eigenvalue weighted by atomic mass is 10.4. The molecular formula is C10H10N4O2S. The van der Waals surface area contributed by atoms with Gasteiger partial charge in [0, 0.05) is 25.5 Å². The number of thiazole rings is 1. The Labute approximate surface area is 99.5 Å². The van der Waals surface area contributed by atoms with E-state index in [4.69, 9.17) is 5.11 Å². The Hall–Kier alpha value is -1.73. The molecule has 0 atom stereocenters. The first-order valence-electron chi connectivity index (χ1n) is 5.14. The van der Waals surface area contributed by atoms with Crippen LogP contribution in [0.15, 0.2) is 11.0 Å². The minimum Gasteiger partial charge on any atom is -0.396 e. The molecular weight excluding hydrogens is 240 g/mol. The number of fused-ring (bicyclic) bond motifs is 3. The molecule has 0 bridgehead atoms. The van der Waals surface area contributed by atoms with Crippen LogP contribution in [-0.2, 0) is 13.5 Å². The molecule has 0 saturated heterocycles. The number of nitrogens with one attached hydrogen (secondary N) is 1. The first-order valence-corrected chi connectivity index (χ1v) is 5.96. The van der Waals surface area contributed by atoms with Gasteiger partial charge in [-0.2, -0.15) is 5.10 Å². The summed E-state index contributed by atoms with van der Waals surface area (Å²) >= 11 is 1.50. The predicted molar refractivity (Wildman–Crippen MR) is 65.3 cm³/mol.